The molecule has 2 aromatic carbocycles. The average Bonchev–Trinajstić information content (AvgIpc) is 2.91. The van der Waals surface area contributed by atoms with Crippen LogP contribution in [0.3, 0.4) is 0 Å². The van der Waals surface area contributed by atoms with Gasteiger partial charge in [-0.25, -0.2) is 0 Å². The maximum absolute atomic E-state index is 5.79. The van der Waals surface area contributed by atoms with Gasteiger partial charge in [-0.1, -0.05) is 48.5 Å². The summed E-state index contributed by atoms with van der Waals surface area (Å²) in [5.41, 5.74) is 5.06. The average molecular weight is 382 g/mol. The van der Waals surface area contributed by atoms with Gasteiger partial charge in [0.2, 0.25) is 0 Å². The highest BCUT2D eigenvalue weighted by molar-refractivity contribution is 6.09. The minimum atomic E-state index is 0.0152. The normalized spacial score (nSPS) is 12.8. The maximum atomic E-state index is 5.79. The van der Waals surface area contributed by atoms with Crippen LogP contribution < -0.4 is 9.47 Å². The first-order chi connectivity index (χ1) is 13.0. The van der Waals surface area contributed by atoms with Gasteiger partial charge < -0.3 is 14.0 Å². The van der Waals surface area contributed by atoms with Gasteiger partial charge >= 0.3 is 0 Å². The fraction of sp³-hybridized carbons (Fsp3) is 0.520. The summed E-state index contributed by atoms with van der Waals surface area (Å²) in [6.07, 6.45) is 1.09. The second-order valence-electron chi connectivity index (χ2n) is 9.79. The first-order valence-electron chi connectivity index (χ1n) is 10.3. The summed E-state index contributed by atoms with van der Waals surface area (Å²) in [5, 5.41) is 2.46. The lowest BCUT2D eigenvalue weighted by molar-refractivity contribution is 0.398. The molecular formula is C25H35NO2. The van der Waals surface area contributed by atoms with E-state index in [-0.39, 0.29) is 10.8 Å². The topological polar surface area (TPSA) is 23.4 Å². The smallest absolute Gasteiger partial charge is 0.123 e. The number of aryl methyl sites for hydroxylation is 1. The molecule has 0 saturated heterocycles. The van der Waals surface area contributed by atoms with E-state index in [0.717, 1.165) is 24.5 Å². The van der Waals surface area contributed by atoms with Crippen molar-refractivity contribution in [3.8, 4) is 11.5 Å². The van der Waals surface area contributed by atoms with Crippen LogP contribution in [0, 0.1) is 0 Å². The Morgan fingerprint density at radius 3 is 1.39 bits per heavy atom. The van der Waals surface area contributed by atoms with Crippen molar-refractivity contribution in [2.45, 2.75) is 72.3 Å². The van der Waals surface area contributed by atoms with Crippen molar-refractivity contribution in [3.05, 3.63) is 35.4 Å². The van der Waals surface area contributed by atoms with Crippen molar-refractivity contribution in [2.24, 2.45) is 0 Å². The van der Waals surface area contributed by atoms with Crippen molar-refractivity contribution in [1.29, 1.82) is 0 Å². The minimum Gasteiger partial charge on any atom is -0.496 e. The maximum Gasteiger partial charge on any atom is 0.123 e. The summed E-state index contributed by atoms with van der Waals surface area (Å²) in [6, 6.07) is 9.07. The fourth-order valence-electron chi connectivity index (χ4n) is 4.12. The van der Waals surface area contributed by atoms with Crippen molar-refractivity contribution in [3.63, 3.8) is 0 Å². The van der Waals surface area contributed by atoms with Gasteiger partial charge in [-0.3, -0.25) is 0 Å². The zero-order chi connectivity index (χ0) is 20.9. The molecule has 152 valence electrons. The zero-order valence-electron chi connectivity index (χ0n) is 19.0. The summed E-state index contributed by atoms with van der Waals surface area (Å²) in [4.78, 5) is 0. The second-order valence-corrected chi connectivity index (χ2v) is 9.79. The van der Waals surface area contributed by atoms with Gasteiger partial charge in [-0.15, -0.1) is 0 Å². The lowest BCUT2D eigenvalue weighted by Gasteiger charge is -2.22. The lowest BCUT2D eigenvalue weighted by Crippen LogP contribution is -2.13. The Balaban J connectivity index is 2.49. The third kappa shape index (κ3) is 3.36. The Morgan fingerprint density at radius 2 is 1.11 bits per heavy atom. The van der Waals surface area contributed by atoms with Crippen LogP contribution in [0.5, 0.6) is 11.5 Å². The Morgan fingerprint density at radius 1 is 0.714 bits per heavy atom. The van der Waals surface area contributed by atoms with E-state index < -0.39 is 0 Å². The number of nitrogens with zero attached hydrogens (tertiary/aromatic N) is 1. The number of benzene rings is 2. The second kappa shape index (κ2) is 7.02. The third-order valence-corrected chi connectivity index (χ3v) is 5.57. The van der Waals surface area contributed by atoms with Gasteiger partial charge in [0, 0.05) is 39.5 Å². The van der Waals surface area contributed by atoms with Crippen molar-refractivity contribution in [1.82, 2.24) is 4.57 Å². The molecule has 0 aliphatic carbocycles. The Kier molecular flexibility index (Phi) is 5.16. The van der Waals surface area contributed by atoms with Crippen LogP contribution in [0.4, 0.5) is 0 Å². The van der Waals surface area contributed by atoms with E-state index in [9.17, 15) is 0 Å². The largest absolute Gasteiger partial charge is 0.496 e. The minimum absolute atomic E-state index is 0.0152. The van der Waals surface area contributed by atoms with Gasteiger partial charge in [-0.05, 0) is 41.5 Å². The molecule has 3 rings (SSSR count). The molecule has 0 aliphatic heterocycles. The summed E-state index contributed by atoms with van der Waals surface area (Å²) in [5.74, 6) is 1.91. The molecule has 0 aliphatic rings. The summed E-state index contributed by atoms with van der Waals surface area (Å²) >= 11 is 0. The Bertz CT molecular complexity index is 934. The molecule has 28 heavy (non-hydrogen) atoms. The highest BCUT2D eigenvalue weighted by Crippen LogP contribution is 2.42. The molecular weight excluding hydrogens is 346 g/mol. The number of aromatic nitrogens is 1. The molecule has 0 spiro atoms. The molecule has 1 aromatic heterocycles. The van der Waals surface area contributed by atoms with Gasteiger partial charge in [0.1, 0.15) is 11.5 Å². The SMILES string of the molecule is CCCn1c2cc(C(C)(C)C)c(OC)cc2c2cc(OC)c(C(C)(C)C)cc21. The predicted octanol–water partition coefficient (Wildman–Crippen LogP) is 6.82. The van der Waals surface area contributed by atoms with E-state index in [2.05, 4.69) is 77.3 Å². The van der Waals surface area contributed by atoms with Crippen LogP contribution in [0.2, 0.25) is 0 Å². The van der Waals surface area contributed by atoms with E-state index in [1.54, 1.807) is 14.2 Å². The monoisotopic (exact) mass is 381 g/mol. The van der Waals surface area contributed by atoms with Crippen LogP contribution in [0.1, 0.15) is 66.0 Å². The number of ether oxygens (including phenoxy) is 2. The van der Waals surface area contributed by atoms with E-state index >= 15 is 0 Å². The van der Waals surface area contributed by atoms with E-state index in [0.29, 0.717) is 0 Å². The molecule has 3 nitrogen and oxygen atoms in total. The van der Waals surface area contributed by atoms with Crippen LogP contribution in [-0.4, -0.2) is 18.8 Å². The Labute approximate surface area is 169 Å². The molecule has 3 aromatic rings. The molecule has 0 N–H and O–H groups in total. The number of fused-ring (bicyclic) bond motifs is 3. The fourth-order valence-corrected chi connectivity index (χ4v) is 4.12. The van der Waals surface area contributed by atoms with Crippen molar-refractivity contribution >= 4 is 21.8 Å². The molecule has 0 unspecified atom stereocenters. The number of hydrogen-bond donors (Lipinski definition) is 0. The highest BCUT2D eigenvalue weighted by Gasteiger charge is 2.25. The van der Waals surface area contributed by atoms with Crippen LogP contribution in [0.15, 0.2) is 24.3 Å². The molecule has 0 atom stereocenters. The molecule has 0 bridgehead atoms. The molecule has 0 amide bonds. The molecule has 0 saturated carbocycles. The van der Waals surface area contributed by atoms with Gasteiger partial charge in [-0.2, -0.15) is 0 Å². The van der Waals surface area contributed by atoms with Crippen LogP contribution in [-0.2, 0) is 17.4 Å². The van der Waals surface area contributed by atoms with Crippen LogP contribution in [0.25, 0.3) is 21.8 Å². The molecule has 3 heteroatoms. The molecule has 0 radical (unpaired) electrons. The van der Waals surface area contributed by atoms with Crippen LogP contribution >= 0.6 is 0 Å². The highest BCUT2D eigenvalue weighted by atomic mass is 16.5. The van der Waals surface area contributed by atoms with Crippen molar-refractivity contribution < 1.29 is 9.47 Å². The summed E-state index contributed by atoms with van der Waals surface area (Å²) in [7, 11) is 3.53. The lowest BCUT2D eigenvalue weighted by atomic mass is 9.85. The van der Waals surface area contributed by atoms with Gasteiger partial charge in [0.15, 0.2) is 0 Å². The van der Waals surface area contributed by atoms with E-state index in [1.165, 1.54) is 32.9 Å². The van der Waals surface area contributed by atoms with Crippen molar-refractivity contribution in [2.75, 3.05) is 14.2 Å². The quantitative estimate of drug-likeness (QED) is 0.495. The predicted molar refractivity (Wildman–Crippen MR) is 120 cm³/mol. The zero-order valence-corrected chi connectivity index (χ0v) is 19.0. The number of hydrogen-bond acceptors (Lipinski definition) is 2. The van der Waals surface area contributed by atoms with Gasteiger partial charge in [0.25, 0.3) is 0 Å². The first-order valence-corrected chi connectivity index (χ1v) is 10.3. The summed E-state index contributed by atoms with van der Waals surface area (Å²) in [6.45, 7) is 16.7. The first kappa shape index (κ1) is 20.6. The third-order valence-electron chi connectivity index (χ3n) is 5.57. The standard InChI is InChI=1S/C25H35NO2/c1-10-11-26-20-14-18(24(2,3)4)22(27-8)12-16(20)17-13-23(28-9)19(15-21(17)26)25(5,6)7/h12-15H,10-11H2,1-9H3. The van der Waals surface area contributed by atoms with E-state index in [1.807, 2.05) is 0 Å². The van der Waals surface area contributed by atoms with E-state index in [4.69, 9.17) is 9.47 Å². The number of methoxy groups -OCH3 is 2. The number of rotatable bonds is 4. The Hall–Kier alpha value is -2.16. The summed E-state index contributed by atoms with van der Waals surface area (Å²) < 4.78 is 14.1. The molecule has 1 heterocycles. The van der Waals surface area contributed by atoms with Gasteiger partial charge in [0.05, 0.1) is 14.2 Å². The molecule has 0 fully saturated rings.